The van der Waals surface area contributed by atoms with Crippen molar-refractivity contribution < 1.29 is 64.6 Å². The third kappa shape index (κ3) is 42.9. The van der Waals surface area contributed by atoms with Gasteiger partial charge in [0.1, 0.15) is 48.8 Å². The van der Waals surface area contributed by atoms with Crippen LogP contribution >= 0.6 is 0 Å². The van der Waals surface area contributed by atoms with Crippen LogP contribution in [0.2, 0.25) is 0 Å². The van der Waals surface area contributed by atoms with E-state index >= 15 is 0 Å². The van der Waals surface area contributed by atoms with Gasteiger partial charge in [-0.25, -0.2) is 0 Å². The van der Waals surface area contributed by atoms with E-state index in [1.54, 1.807) is 6.08 Å². The highest BCUT2D eigenvalue weighted by Gasteiger charge is 2.51. The largest absolute Gasteiger partial charge is 0.394 e. The molecule has 2 saturated heterocycles. The zero-order valence-electron chi connectivity index (χ0n) is 56.2. The molecule has 9 N–H and O–H groups in total. The molecule has 14 heteroatoms. The highest BCUT2D eigenvalue weighted by atomic mass is 16.7. The van der Waals surface area contributed by atoms with Gasteiger partial charge in [0.15, 0.2) is 12.6 Å². The predicted octanol–water partition coefficient (Wildman–Crippen LogP) is 15.2. The summed E-state index contributed by atoms with van der Waals surface area (Å²) in [5.41, 5.74) is 0. The van der Waals surface area contributed by atoms with Gasteiger partial charge in [0, 0.05) is 6.42 Å². The van der Waals surface area contributed by atoms with Crippen LogP contribution in [0.1, 0.15) is 290 Å². The van der Waals surface area contributed by atoms with Gasteiger partial charge in [-0.1, -0.05) is 292 Å². The number of aliphatic hydroxyl groups is 8. The summed E-state index contributed by atoms with van der Waals surface area (Å²) in [7, 11) is 0. The molecule has 2 rings (SSSR count). The first kappa shape index (κ1) is 82.3. The van der Waals surface area contributed by atoms with Crippen molar-refractivity contribution in [2.24, 2.45) is 0 Å². The molecule has 0 aromatic rings. The van der Waals surface area contributed by atoms with E-state index in [1.165, 1.54) is 193 Å². The monoisotopic (exact) mass is 1260 g/mol. The summed E-state index contributed by atoms with van der Waals surface area (Å²) in [5.74, 6) is -0.247. The topological polar surface area (TPSA) is 228 Å². The first-order valence-corrected chi connectivity index (χ1v) is 36.3. The first-order chi connectivity index (χ1) is 43.6. The summed E-state index contributed by atoms with van der Waals surface area (Å²) >= 11 is 0. The van der Waals surface area contributed by atoms with E-state index in [0.717, 1.165) is 64.2 Å². The van der Waals surface area contributed by atoms with Crippen LogP contribution in [0.4, 0.5) is 0 Å². The molecular formula is C75H133NO13. The van der Waals surface area contributed by atoms with E-state index in [1.807, 2.05) is 6.08 Å². The van der Waals surface area contributed by atoms with Gasteiger partial charge in [-0.05, 0) is 77.0 Å². The van der Waals surface area contributed by atoms with Gasteiger partial charge in [0.2, 0.25) is 5.91 Å². The van der Waals surface area contributed by atoms with Gasteiger partial charge in [-0.2, -0.15) is 0 Å². The van der Waals surface area contributed by atoms with Gasteiger partial charge in [0.25, 0.3) is 0 Å². The standard InChI is InChI=1S/C75H133NO13/c1-3-5-7-9-11-13-15-17-19-21-23-24-25-26-27-28-29-30-31-32-33-34-35-36-37-38-39-40-41-43-45-47-49-51-53-55-57-59-67(80)76-63(64(79)58-56-54-52-50-48-46-44-42-22-20-18-16-14-12-10-8-6-4-2)62-86-74-72(85)70(83)73(66(61-78)88-74)89-75-71(84)69(82)68(81)65(60-77)87-75/h5,7,11,13,17,19,23-24,26-27,48,50,56,58,63-66,68-75,77-79,81-85H,3-4,6,8-10,12,14-16,18,20-22,25,28-47,49,51-55,57,59-62H2,1-2H3,(H,76,80)/b7-5-,13-11-,19-17-,24-23-,27-26-,50-48+,58-56+. The lowest BCUT2D eigenvalue weighted by Crippen LogP contribution is -2.65. The highest BCUT2D eigenvalue weighted by molar-refractivity contribution is 5.76. The maximum absolute atomic E-state index is 13.3. The minimum atomic E-state index is -1.79. The molecule has 0 aromatic heterocycles. The Kier molecular flexibility index (Phi) is 54.5. The second kappa shape index (κ2) is 59.0. The van der Waals surface area contributed by atoms with E-state index in [2.05, 4.69) is 92.1 Å². The molecule has 0 aliphatic carbocycles. The normalized spacial score (nSPS) is 23.5. The minimum Gasteiger partial charge on any atom is -0.394 e. The fraction of sp³-hybridized carbons (Fsp3) is 0.800. The summed E-state index contributed by atoms with van der Waals surface area (Å²) in [6.45, 7) is 2.69. The van der Waals surface area contributed by atoms with Crippen LogP contribution in [-0.4, -0.2) is 140 Å². The number of hydrogen-bond donors (Lipinski definition) is 9. The van der Waals surface area contributed by atoms with Crippen molar-refractivity contribution in [2.75, 3.05) is 19.8 Å². The lowest BCUT2D eigenvalue weighted by molar-refractivity contribution is -0.359. The Morgan fingerprint density at radius 3 is 1.24 bits per heavy atom. The molecule has 0 radical (unpaired) electrons. The molecule has 516 valence electrons. The van der Waals surface area contributed by atoms with Crippen LogP contribution in [0.15, 0.2) is 85.1 Å². The van der Waals surface area contributed by atoms with Crippen molar-refractivity contribution in [3.63, 3.8) is 0 Å². The summed E-state index contributed by atoms with van der Waals surface area (Å²) in [5, 5.41) is 87.4. The van der Waals surface area contributed by atoms with Crippen LogP contribution < -0.4 is 5.32 Å². The number of unbranched alkanes of at least 4 members (excludes halogenated alkanes) is 34. The highest BCUT2D eigenvalue weighted by Crippen LogP contribution is 2.30. The fourth-order valence-corrected chi connectivity index (χ4v) is 11.6. The lowest BCUT2D eigenvalue weighted by Gasteiger charge is -2.46. The Morgan fingerprint density at radius 1 is 0.416 bits per heavy atom. The second-order valence-corrected chi connectivity index (χ2v) is 25.3. The Balaban J connectivity index is 1.61. The number of aliphatic hydroxyl groups excluding tert-OH is 8. The fourth-order valence-electron chi connectivity index (χ4n) is 11.6. The van der Waals surface area contributed by atoms with Gasteiger partial charge in [0.05, 0.1) is 32.0 Å². The first-order valence-electron chi connectivity index (χ1n) is 36.3. The number of amides is 1. The third-order valence-electron chi connectivity index (χ3n) is 17.3. The molecule has 2 heterocycles. The number of nitrogens with one attached hydrogen (secondary N) is 1. The number of rotatable bonds is 59. The summed E-state index contributed by atoms with van der Waals surface area (Å²) in [6, 6.07) is -0.934. The molecule has 0 saturated carbocycles. The van der Waals surface area contributed by atoms with Crippen molar-refractivity contribution in [2.45, 2.75) is 364 Å². The van der Waals surface area contributed by atoms with E-state index < -0.39 is 86.8 Å². The average molecular weight is 1260 g/mol. The molecule has 0 bridgehead atoms. The summed E-state index contributed by atoms with van der Waals surface area (Å²) in [6.07, 6.45) is 65.1. The number of carbonyl (C=O) groups is 1. The quantitative estimate of drug-likeness (QED) is 0.0204. The Hall–Kier alpha value is -2.83. The third-order valence-corrected chi connectivity index (χ3v) is 17.3. The maximum atomic E-state index is 13.3. The molecule has 89 heavy (non-hydrogen) atoms. The molecule has 2 aliphatic rings. The zero-order valence-corrected chi connectivity index (χ0v) is 56.2. The lowest BCUT2D eigenvalue weighted by atomic mass is 9.97. The number of ether oxygens (including phenoxy) is 4. The molecule has 0 spiro atoms. The van der Waals surface area contributed by atoms with E-state index in [9.17, 15) is 45.6 Å². The van der Waals surface area contributed by atoms with Crippen LogP contribution in [0.5, 0.6) is 0 Å². The van der Waals surface area contributed by atoms with Crippen LogP contribution in [0.3, 0.4) is 0 Å². The van der Waals surface area contributed by atoms with Crippen molar-refractivity contribution >= 4 is 5.91 Å². The van der Waals surface area contributed by atoms with Crippen molar-refractivity contribution in [1.29, 1.82) is 0 Å². The van der Waals surface area contributed by atoms with Crippen LogP contribution in [0.25, 0.3) is 0 Å². The Labute approximate surface area is 541 Å². The molecule has 2 fully saturated rings. The molecule has 14 nitrogen and oxygen atoms in total. The molecule has 12 unspecified atom stereocenters. The predicted molar refractivity (Wildman–Crippen MR) is 364 cm³/mol. The molecule has 2 aliphatic heterocycles. The maximum Gasteiger partial charge on any atom is 0.220 e. The Bertz CT molecular complexity index is 1820. The zero-order chi connectivity index (χ0) is 64.5. The van der Waals surface area contributed by atoms with Gasteiger partial charge < -0.3 is 65.1 Å². The summed E-state index contributed by atoms with van der Waals surface area (Å²) < 4.78 is 22.8. The van der Waals surface area contributed by atoms with E-state index in [0.29, 0.717) is 12.8 Å². The number of hydrogen-bond acceptors (Lipinski definition) is 13. The molecular weight excluding hydrogens is 1120 g/mol. The van der Waals surface area contributed by atoms with E-state index in [4.69, 9.17) is 18.9 Å². The summed E-state index contributed by atoms with van der Waals surface area (Å²) in [4.78, 5) is 13.3. The van der Waals surface area contributed by atoms with Gasteiger partial charge in [-0.3, -0.25) is 4.79 Å². The molecule has 1 amide bonds. The van der Waals surface area contributed by atoms with Gasteiger partial charge >= 0.3 is 0 Å². The van der Waals surface area contributed by atoms with Crippen molar-refractivity contribution in [3.05, 3.63) is 85.1 Å². The molecule has 12 atom stereocenters. The Morgan fingerprint density at radius 2 is 0.787 bits per heavy atom. The smallest absolute Gasteiger partial charge is 0.220 e. The number of allylic oxidation sites excluding steroid dienone is 13. The molecule has 0 aromatic carbocycles. The SMILES string of the molecule is CC/C=C\C/C=C\C/C=C\C/C=C\C/C=C\CCCCCCCCCCCCCCCCCCCCCCCC(=O)NC(COC1OC(CO)C(OC2OC(CO)C(O)C(O)C2O)C(O)C1O)C(O)/C=C/CC/C=C/CCCCCCCCCCCCCC. The second-order valence-electron chi connectivity index (χ2n) is 25.3. The van der Waals surface area contributed by atoms with Crippen LogP contribution in [-0.2, 0) is 23.7 Å². The minimum absolute atomic E-state index is 0.247. The average Bonchev–Trinajstić information content (AvgIpc) is 1.44. The van der Waals surface area contributed by atoms with Crippen molar-refractivity contribution in [1.82, 2.24) is 5.32 Å². The van der Waals surface area contributed by atoms with Gasteiger partial charge in [-0.15, -0.1) is 0 Å². The number of carbonyl (C=O) groups excluding carboxylic acids is 1. The van der Waals surface area contributed by atoms with E-state index in [-0.39, 0.29) is 18.9 Å². The van der Waals surface area contributed by atoms with Crippen LogP contribution in [0, 0.1) is 0 Å². The van der Waals surface area contributed by atoms with Crippen molar-refractivity contribution in [3.8, 4) is 0 Å².